The van der Waals surface area contributed by atoms with E-state index in [0.29, 0.717) is 0 Å². The number of nitrogens with one attached hydrogen (secondary N) is 1. The van der Waals surface area contributed by atoms with Crippen LogP contribution in [0, 0.1) is 26.6 Å². The average molecular weight is 303 g/mol. The Morgan fingerprint density at radius 2 is 1.86 bits per heavy atom. The Morgan fingerprint density at radius 1 is 1.10 bits per heavy atom. The molecule has 2 aromatic carbocycles. The molecular formula is C18H22FNS. The molecule has 1 atom stereocenters. The first-order chi connectivity index (χ1) is 10.0. The van der Waals surface area contributed by atoms with Crippen molar-refractivity contribution >= 4 is 11.8 Å². The molecule has 0 heterocycles. The van der Waals surface area contributed by atoms with Crippen molar-refractivity contribution in [1.29, 1.82) is 0 Å². The molecule has 2 rings (SSSR count). The second kappa shape index (κ2) is 7.10. The predicted octanol–water partition coefficient (Wildman–Crippen LogP) is 4.80. The molecule has 21 heavy (non-hydrogen) atoms. The molecule has 0 saturated carbocycles. The van der Waals surface area contributed by atoms with E-state index in [1.54, 1.807) is 17.8 Å². The van der Waals surface area contributed by atoms with Crippen LogP contribution in [0.3, 0.4) is 0 Å². The summed E-state index contributed by atoms with van der Waals surface area (Å²) in [7, 11) is 1.89. The Hall–Kier alpha value is -1.32. The van der Waals surface area contributed by atoms with Crippen molar-refractivity contribution in [3.05, 3.63) is 64.5 Å². The topological polar surface area (TPSA) is 12.0 Å². The highest BCUT2D eigenvalue weighted by atomic mass is 32.2. The highest BCUT2D eigenvalue weighted by Gasteiger charge is 2.17. The van der Waals surface area contributed by atoms with E-state index in [4.69, 9.17) is 0 Å². The molecule has 0 aliphatic heterocycles. The van der Waals surface area contributed by atoms with E-state index in [-0.39, 0.29) is 11.9 Å². The largest absolute Gasteiger partial charge is 0.312 e. The van der Waals surface area contributed by atoms with E-state index >= 15 is 0 Å². The van der Waals surface area contributed by atoms with E-state index < -0.39 is 0 Å². The van der Waals surface area contributed by atoms with Crippen LogP contribution < -0.4 is 5.32 Å². The minimum atomic E-state index is -0.114. The van der Waals surface area contributed by atoms with Gasteiger partial charge in [-0.3, -0.25) is 0 Å². The van der Waals surface area contributed by atoms with Crippen LogP contribution in [0.15, 0.2) is 41.3 Å². The molecular weight excluding hydrogens is 281 g/mol. The lowest BCUT2D eigenvalue weighted by Crippen LogP contribution is -2.21. The van der Waals surface area contributed by atoms with Crippen molar-refractivity contribution in [1.82, 2.24) is 5.32 Å². The van der Waals surface area contributed by atoms with Gasteiger partial charge in [0, 0.05) is 22.3 Å². The normalized spacial score (nSPS) is 12.4. The van der Waals surface area contributed by atoms with Gasteiger partial charge in [-0.25, -0.2) is 4.39 Å². The fourth-order valence-corrected chi connectivity index (χ4v) is 3.70. The number of rotatable bonds is 5. The monoisotopic (exact) mass is 303 g/mol. The Bertz CT molecular complexity index is 601. The molecule has 112 valence electrons. The summed E-state index contributed by atoms with van der Waals surface area (Å²) in [4.78, 5) is 1.22. The average Bonchev–Trinajstić information content (AvgIpc) is 2.41. The molecule has 0 aromatic heterocycles. The summed E-state index contributed by atoms with van der Waals surface area (Å²) in [5.74, 6) is 0.692. The maximum absolute atomic E-state index is 14.3. The predicted molar refractivity (Wildman–Crippen MR) is 89.6 cm³/mol. The molecule has 0 amide bonds. The van der Waals surface area contributed by atoms with Gasteiger partial charge in [0.25, 0.3) is 0 Å². The summed E-state index contributed by atoms with van der Waals surface area (Å²) in [6.45, 7) is 5.99. The zero-order valence-electron chi connectivity index (χ0n) is 13.0. The molecule has 0 radical (unpaired) electrons. The lowest BCUT2D eigenvalue weighted by atomic mass is 9.99. The zero-order valence-corrected chi connectivity index (χ0v) is 13.9. The van der Waals surface area contributed by atoms with Gasteiger partial charge in [0.2, 0.25) is 0 Å². The minimum absolute atomic E-state index is 0.0103. The summed E-state index contributed by atoms with van der Waals surface area (Å²) in [6, 6.07) is 12.1. The third kappa shape index (κ3) is 4.08. The molecule has 0 aliphatic carbocycles. The second-order valence-electron chi connectivity index (χ2n) is 5.45. The number of halogens is 1. The highest BCUT2D eigenvalue weighted by Crippen LogP contribution is 2.29. The zero-order chi connectivity index (χ0) is 15.4. The van der Waals surface area contributed by atoms with Crippen LogP contribution in [0.4, 0.5) is 4.39 Å². The maximum Gasteiger partial charge on any atom is 0.128 e. The molecule has 0 fully saturated rings. The summed E-state index contributed by atoms with van der Waals surface area (Å²) in [5.41, 5.74) is 4.01. The van der Waals surface area contributed by atoms with Gasteiger partial charge in [-0.05, 0) is 57.1 Å². The van der Waals surface area contributed by atoms with E-state index in [1.165, 1.54) is 10.5 Å². The molecule has 1 unspecified atom stereocenters. The van der Waals surface area contributed by atoms with Crippen molar-refractivity contribution in [2.24, 2.45) is 0 Å². The first-order valence-corrected chi connectivity index (χ1v) is 8.13. The fourth-order valence-electron chi connectivity index (χ4n) is 2.56. The van der Waals surface area contributed by atoms with Crippen molar-refractivity contribution in [2.75, 3.05) is 12.8 Å². The van der Waals surface area contributed by atoms with Gasteiger partial charge in [-0.2, -0.15) is 0 Å². The third-order valence-electron chi connectivity index (χ3n) is 3.58. The first-order valence-electron chi connectivity index (χ1n) is 7.14. The lowest BCUT2D eigenvalue weighted by Gasteiger charge is -2.20. The number of hydrogen-bond acceptors (Lipinski definition) is 2. The Balaban J connectivity index is 2.17. The molecule has 0 spiro atoms. The molecule has 1 nitrogen and oxygen atoms in total. The number of hydrogen-bond donors (Lipinski definition) is 1. The fraction of sp³-hybridized carbons (Fsp3) is 0.333. The van der Waals surface area contributed by atoms with Crippen molar-refractivity contribution in [3.8, 4) is 0 Å². The highest BCUT2D eigenvalue weighted by molar-refractivity contribution is 7.99. The lowest BCUT2D eigenvalue weighted by molar-refractivity contribution is 0.561. The Kier molecular flexibility index (Phi) is 5.43. The van der Waals surface area contributed by atoms with E-state index in [0.717, 1.165) is 22.4 Å². The summed E-state index contributed by atoms with van der Waals surface area (Å²) in [5, 5.41) is 3.24. The standard InChI is InChI=1S/C18H22FNS/c1-12-6-5-7-15(9-12)21-11-17(20-4)18-14(3)8-13(2)10-16(18)19/h5-10,17,20H,11H2,1-4H3. The quantitative estimate of drug-likeness (QED) is 0.796. The van der Waals surface area contributed by atoms with Gasteiger partial charge < -0.3 is 5.32 Å². The number of thioether (sulfide) groups is 1. The molecule has 0 aliphatic rings. The van der Waals surface area contributed by atoms with Gasteiger partial charge in [0.1, 0.15) is 5.82 Å². The van der Waals surface area contributed by atoms with Crippen molar-refractivity contribution in [3.63, 3.8) is 0 Å². The summed E-state index contributed by atoms with van der Waals surface area (Å²) in [6.07, 6.45) is 0. The van der Waals surface area contributed by atoms with E-state index in [1.807, 2.05) is 27.0 Å². The summed E-state index contributed by atoms with van der Waals surface area (Å²) >= 11 is 1.75. The van der Waals surface area contributed by atoms with Crippen molar-refractivity contribution in [2.45, 2.75) is 31.7 Å². The van der Waals surface area contributed by atoms with Gasteiger partial charge >= 0.3 is 0 Å². The SMILES string of the molecule is CNC(CSc1cccc(C)c1)c1c(C)cc(C)cc1F. The van der Waals surface area contributed by atoms with Gasteiger partial charge in [-0.1, -0.05) is 23.8 Å². The molecule has 0 bridgehead atoms. The summed E-state index contributed by atoms with van der Waals surface area (Å²) < 4.78 is 14.3. The van der Waals surface area contributed by atoms with Crippen LogP contribution >= 0.6 is 11.8 Å². The molecule has 1 N–H and O–H groups in total. The Labute approximate surface area is 131 Å². The molecule has 2 aromatic rings. The smallest absolute Gasteiger partial charge is 0.128 e. The van der Waals surface area contributed by atoms with Crippen LogP contribution in [-0.4, -0.2) is 12.8 Å². The maximum atomic E-state index is 14.3. The number of aryl methyl sites for hydroxylation is 3. The molecule has 3 heteroatoms. The van der Waals surface area contributed by atoms with Crippen LogP contribution in [0.5, 0.6) is 0 Å². The van der Waals surface area contributed by atoms with Crippen LogP contribution in [0.2, 0.25) is 0 Å². The first kappa shape index (κ1) is 16.1. The van der Waals surface area contributed by atoms with Crippen LogP contribution in [-0.2, 0) is 0 Å². The van der Waals surface area contributed by atoms with Gasteiger partial charge in [0.15, 0.2) is 0 Å². The van der Waals surface area contributed by atoms with E-state index in [9.17, 15) is 4.39 Å². The minimum Gasteiger partial charge on any atom is -0.312 e. The van der Waals surface area contributed by atoms with E-state index in [2.05, 4.69) is 36.5 Å². The van der Waals surface area contributed by atoms with Gasteiger partial charge in [0.05, 0.1) is 0 Å². The van der Waals surface area contributed by atoms with Gasteiger partial charge in [-0.15, -0.1) is 11.8 Å². The molecule has 0 saturated heterocycles. The second-order valence-corrected chi connectivity index (χ2v) is 6.54. The van der Waals surface area contributed by atoms with Crippen LogP contribution in [0.1, 0.15) is 28.3 Å². The van der Waals surface area contributed by atoms with Crippen molar-refractivity contribution < 1.29 is 4.39 Å². The Morgan fingerprint density at radius 3 is 2.48 bits per heavy atom. The number of benzene rings is 2. The van der Waals surface area contributed by atoms with Crippen LogP contribution in [0.25, 0.3) is 0 Å². The third-order valence-corrected chi connectivity index (χ3v) is 4.67.